The van der Waals surface area contributed by atoms with Crippen LogP contribution in [0.3, 0.4) is 0 Å². The number of carbonyl (C=O) groups is 1. The first-order valence-corrected chi connectivity index (χ1v) is 11.0. The number of amides is 1. The van der Waals surface area contributed by atoms with Crippen molar-refractivity contribution in [2.45, 2.75) is 13.0 Å². The summed E-state index contributed by atoms with van der Waals surface area (Å²) in [7, 11) is 1.56. The minimum absolute atomic E-state index is 0.0195. The molecule has 0 aliphatic heterocycles. The second-order valence-corrected chi connectivity index (χ2v) is 8.02. The van der Waals surface area contributed by atoms with Crippen molar-refractivity contribution in [1.82, 2.24) is 0 Å². The second-order valence-electron chi connectivity index (χ2n) is 7.11. The van der Waals surface area contributed by atoms with Gasteiger partial charge in [-0.2, -0.15) is 5.26 Å². The zero-order valence-electron chi connectivity index (χ0n) is 18.2. The zero-order chi connectivity index (χ0) is 23.6. The normalized spacial score (nSPS) is 10.8. The van der Waals surface area contributed by atoms with E-state index in [1.807, 2.05) is 54.6 Å². The average molecular weight is 503 g/mol. The predicted octanol–water partition coefficient (Wildman–Crippen LogP) is 6.31. The summed E-state index contributed by atoms with van der Waals surface area (Å²) in [5, 5.41) is 12.3. The van der Waals surface area contributed by atoms with E-state index >= 15 is 0 Å². The van der Waals surface area contributed by atoms with Crippen molar-refractivity contribution < 1.29 is 14.3 Å². The summed E-state index contributed by atoms with van der Waals surface area (Å²) < 4.78 is 12.7. The maximum Gasteiger partial charge on any atom is 0.266 e. The quantitative estimate of drug-likeness (QED) is 0.211. The van der Waals surface area contributed by atoms with E-state index in [2.05, 4.69) is 27.8 Å². The van der Waals surface area contributed by atoms with E-state index in [1.54, 1.807) is 31.4 Å². The Balaban J connectivity index is 1.89. The minimum atomic E-state index is -0.483. The summed E-state index contributed by atoms with van der Waals surface area (Å²) in [5.41, 5.74) is 3.10. The van der Waals surface area contributed by atoms with Crippen molar-refractivity contribution in [1.29, 1.82) is 5.26 Å². The van der Waals surface area contributed by atoms with Gasteiger partial charge in [0.05, 0.1) is 7.11 Å². The van der Waals surface area contributed by atoms with Crippen LogP contribution in [0.2, 0.25) is 0 Å². The molecule has 0 aliphatic carbocycles. The smallest absolute Gasteiger partial charge is 0.266 e. The number of carbonyl (C=O) groups excluding carboxylic acids is 1. The number of hydrogen-bond donors (Lipinski definition) is 1. The van der Waals surface area contributed by atoms with Gasteiger partial charge in [0.15, 0.2) is 11.5 Å². The molecule has 0 bridgehead atoms. The first kappa shape index (κ1) is 23.8. The van der Waals surface area contributed by atoms with Crippen LogP contribution in [-0.4, -0.2) is 13.0 Å². The molecule has 33 heavy (non-hydrogen) atoms. The number of benzene rings is 3. The van der Waals surface area contributed by atoms with Crippen LogP contribution in [0.1, 0.15) is 16.7 Å². The summed E-state index contributed by atoms with van der Waals surface area (Å²) >= 11 is 3.43. The van der Waals surface area contributed by atoms with Gasteiger partial charge in [0.1, 0.15) is 18.2 Å². The summed E-state index contributed by atoms with van der Waals surface area (Å²) in [6.45, 7) is 4.20. The van der Waals surface area contributed by atoms with Gasteiger partial charge >= 0.3 is 0 Å². The van der Waals surface area contributed by atoms with Crippen LogP contribution < -0.4 is 14.8 Å². The van der Waals surface area contributed by atoms with Gasteiger partial charge in [0.2, 0.25) is 0 Å². The predicted molar refractivity (Wildman–Crippen MR) is 134 cm³/mol. The molecule has 0 aromatic heterocycles. The van der Waals surface area contributed by atoms with E-state index in [1.165, 1.54) is 6.08 Å². The van der Waals surface area contributed by atoms with Crippen LogP contribution in [0.5, 0.6) is 11.5 Å². The van der Waals surface area contributed by atoms with Crippen LogP contribution in [0.15, 0.2) is 89.4 Å². The molecule has 0 heterocycles. The van der Waals surface area contributed by atoms with E-state index in [4.69, 9.17) is 9.47 Å². The van der Waals surface area contributed by atoms with Gasteiger partial charge in [0, 0.05) is 15.7 Å². The number of hydrogen-bond acceptors (Lipinski definition) is 4. The lowest BCUT2D eigenvalue weighted by Crippen LogP contribution is -2.13. The van der Waals surface area contributed by atoms with Gasteiger partial charge in [-0.25, -0.2) is 0 Å². The molecule has 0 aliphatic rings. The van der Waals surface area contributed by atoms with Gasteiger partial charge in [-0.3, -0.25) is 4.79 Å². The highest BCUT2D eigenvalue weighted by Crippen LogP contribution is 2.35. The Morgan fingerprint density at radius 1 is 1.15 bits per heavy atom. The van der Waals surface area contributed by atoms with E-state index in [9.17, 15) is 10.1 Å². The fourth-order valence-electron chi connectivity index (χ4n) is 3.16. The molecular formula is C27H23BrN2O3. The Morgan fingerprint density at radius 2 is 1.88 bits per heavy atom. The number of ether oxygens (including phenoxy) is 2. The van der Waals surface area contributed by atoms with Crippen molar-refractivity contribution >= 4 is 33.6 Å². The van der Waals surface area contributed by atoms with E-state index in [0.29, 0.717) is 35.8 Å². The zero-order valence-corrected chi connectivity index (χ0v) is 19.8. The first-order chi connectivity index (χ1) is 16.0. The van der Waals surface area contributed by atoms with Crippen molar-refractivity contribution in [3.05, 3.63) is 106 Å². The van der Waals surface area contributed by atoms with Crippen LogP contribution in [-0.2, 0) is 17.8 Å². The maximum absolute atomic E-state index is 12.6. The van der Waals surface area contributed by atoms with Crippen molar-refractivity contribution in [3.63, 3.8) is 0 Å². The van der Waals surface area contributed by atoms with E-state index in [0.717, 1.165) is 15.6 Å². The molecule has 0 atom stereocenters. The molecule has 0 radical (unpaired) electrons. The number of anilines is 1. The Morgan fingerprint density at radius 3 is 2.52 bits per heavy atom. The van der Waals surface area contributed by atoms with Gasteiger partial charge in [-0.05, 0) is 60.0 Å². The third-order valence-corrected chi connectivity index (χ3v) is 5.27. The minimum Gasteiger partial charge on any atom is -0.493 e. The number of nitrogens with zero attached hydrogens (tertiary/aromatic N) is 1. The summed E-state index contributed by atoms with van der Waals surface area (Å²) in [4.78, 5) is 12.6. The van der Waals surface area contributed by atoms with Gasteiger partial charge in [-0.1, -0.05) is 52.3 Å². The van der Waals surface area contributed by atoms with Crippen LogP contribution >= 0.6 is 15.9 Å². The third kappa shape index (κ3) is 6.58. The molecule has 1 amide bonds. The molecule has 3 aromatic rings. The van der Waals surface area contributed by atoms with E-state index < -0.39 is 5.91 Å². The number of halogens is 1. The Kier molecular flexibility index (Phi) is 8.45. The van der Waals surface area contributed by atoms with Crippen molar-refractivity contribution in [2.24, 2.45) is 0 Å². The highest BCUT2D eigenvalue weighted by atomic mass is 79.9. The maximum atomic E-state index is 12.6. The average Bonchev–Trinajstić information content (AvgIpc) is 2.83. The Labute approximate surface area is 202 Å². The molecule has 5 nitrogen and oxygen atoms in total. The molecule has 0 unspecified atom stereocenters. The molecule has 6 heteroatoms. The topological polar surface area (TPSA) is 71.4 Å². The summed E-state index contributed by atoms with van der Waals surface area (Å²) in [6.07, 6.45) is 3.83. The molecular weight excluding hydrogens is 480 g/mol. The van der Waals surface area contributed by atoms with Crippen molar-refractivity contribution in [3.8, 4) is 17.6 Å². The number of para-hydroxylation sites is 1. The first-order valence-electron chi connectivity index (χ1n) is 10.2. The molecule has 0 fully saturated rings. The highest BCUT2D eigenvalue weighted by molar-refractivity contribution is 9.10. The molecule has 166 valence electrons. The molecule has 0 saturated heterocycles. The lowest BCUT2D eigenvalue weighted by Gasteiger charge is -2.16. The highest BCUT2D eigenvalue weighted by Gasteiger charge is 2.15. The fourth-order valence-corrected chi connectivity index (χ4v) is 3.43. The van der Waals surface area contributed by atoms with Gasteiger partial charge in [0.25, 0.3) is 5.91 Å². The largest absolute Gasteiger partial charge is 0.493 e. The third-order valence-electron chi connectivity index (χ3n) is 4.74. The lowest BCUT2D eigenvalue weighted by atomic mass is 10.0. The number of methoxy groups -OCH3 is 1. The summed E-state index contributed by atoms with van der Waals surface area (Å²) in [5.74, 6) is 0.631. The van der Waals surface area contributed by atoms with Gasteiger partial charge in [-0.15, -0.1) is 6.58 Å². The SMILES string of the molecule is C=CCc1cc(/C=C(/C#N)C(=O)Nc2ccccc2)cc(OC)c1OCc1ccc(Br)cc1. The van der Waals surface area contributed by atoms with Crippen LogP contribution in [0.4, 0.5) is 5.69 Å². The fraction of sp³-hybridized carbons (Fsp3) is 0.111. The summed E-state index contributed by atoms with van der Waals surface area (Å²) in [6, 6.07) is 22.5. The monoisotopic (exact) mass is 502 g/mol. The number of rotatable bonds is 9. The number of nitriles is 1. The van der Waals surface area contributed by atoms with Crippen molar-refractivity contribution in [2.75, 3.05) is 12.4 Å². The molecule has 0 spiro atoms. The standard InChI is InChI=1S/C27H23BrN2O3/c1-3-7-21-14-20(15-22(17-29)27(31)30-24-8-5-4-6-9-24)16-25(32-2)26(21)33-18-19-10-12-23(28)13-11-19/h3-6,8-16H,1,7,18H2,2H3,(H,30,31)/b22-15-. The molecule has 0 saturated carbocycles. The Hall–Kier alpha value is -3.82. The number of allylic oxidation sites excluding steroid dienone is 1. The molecule has 3 aromatic carbocycles. The Bertz CT molecular complexity index is 1200. The lowest BCUT2D eigenvalue weighted by molar-refractivity contribution is -0.112. The molecule has 3 rings (SSSR count). The van der Waals surface area contributed by atoms with E-state index in [-0.39, 0.29) is 5.57 Å². The van der Waals surface area contributed by atoms with Gasteiger partial charge < -0.3 is 14.8 Å². The van der Waals surface area contributed by atoms with Crippen LogP contribution in [0.25, 0.3) is 6.08 Å². The number of nitrogens with one attached hydrogen (secondary N) is 1. The second kappa shape index (κ2) is 11.7. The molecule has 1 N–H and O–H groups in total. The van der Waals surface area contributed by atoms with Crippen LogP contribution in [0, 0.1) is 11.3 Å².